The number of rotatable bonds is 4. The summed E-state index contributed by atoms with van der Waals surface area (Å²) in [6.07, 6.45) is 5.05. The van der Waals surface area contributed by atoms with E-state index in [0.717, 1.165) is 10.8 Å². The van der Waals surface area contributed by atoms with Gasteiger partial charge in [0.25, 0.3) is 0 Å². The van der Waals surface area contributed by atoms with E-state index in [4.69, 9.17) is 16.3 Å². The summed E-state index contributed by atoms with van der Waals surface area (Å²) in [7, 11) is 1.37. The highest BCUT2D eigenvalue weighted by Crippen LogP contribution is 2.41. The Hall–Kier alpha value is -1.85. The van der Waals surface area contributed by atoms with Crippen molar-refractivity contribution in [3.8, 4) is 0 Å². The number of benzene rings is 1. The molecule has 0 aliphatic carbocycles. The molecular weight excluding hydrogens is 354 g/mol. The van der Waals surface area contributed by atoms with Crippen LogP contribution in [0.1, 0.15) is 11.6 Å². The maximum Gasteiger partial charge on any atom is 0.330 e. The second-order valence-corrected chi connectivity index (χ2v) is 12.7. The molecule has 0 saturated carbocycles. The third kappa shape index (κ3) is 4.41. The molecule has 4 nitrogen and oxygen atoms in total. The molecule has 0 saturated heterocycles. The summed E-state index contributed by atoms with van der Waals surface area (Å²) < 4.78 is 4.73. The van der Waals surface area contributed by atoms with Gasteiger partial charge >= 0.3 is 5.97 Å². The summed E-state index contributed by atoms with van der Waals surface area (Å²) in [6, 6.07) is 7.33. The van der Waals surface area contributed by atoms with Gasteiger partial charge in [0.15, 0.2) is 0 Å². The van der Waals surface area contributed by atoms with E-state index >= 15 is 0 Å². The molecule has 0 radical (unpaired) electrons. The number of ether oxygens (including phenoxy) is 1. The Labute approximate surface area is 155 Å². The van der Waals surface area contributed by atoms with Crippen molar-refractivity contribution < 1.29 is 14.3 Å². The smallest absolute Gasteiger partial charge is 0.330 e. The molecule has 1 amide bonds. The zero-order chi connectivity index (χ0) is 18.8. The Morgan fingerprint density at radius 3 is 2.36 bits per heavy atom. The van der Waals surface area contributed by atoms with Gasteiger partial charge in [0, 0.05) is 24.1 Å². The van der Waals surface area contributed by atoms with Crippen LogP contribution in [0, 0.1) is 5.92 Å². The molecule has 1 heterocycles. The van der Waals surface area contributed by atoms with Crippen LogP contribution in [0.2, 0.25) is 24.7 Å². The third-order valence-electron chi connectivity index (χ3n) is 4.46. The van der Waals surface area contributed by atoms with Crippen molar-refractivity contribution in [2.24, 2.45) is 5.92 Å². The van der Waals surface area contributed by atoms with Gasteiger partial charge in [-0.05, 0) is 23.8 Å². The molecule has 0 aromatic heterocycles. The van der Waals surface area contributed by atoms with Gasteiger partial charge in [-0.1, -0.05) is 54.6 Å². The lowest BCUT2D eigenvalue weighted by Gasteiger charge is -2.42. The summed E-state index contributed by atoms with van der Waals surface area (Å²) in [5, 5.41) is 1.77. The highest BCUT2D eigenvalue weighted by atomic mass is 35.5. The van der Waals surface area contributed by atoms with E-state index in [1.807, 2.05) is 30.3 Å². The molecule has 1 aromatic carbocycles. The Morgan fingerprint density at radius 1 is 1.24 bits per heavy atom. The topological polar surface area (TPSA) is 46.6 Å². The van der Waals surface area contributed by atoms with Gasteiger partial charge in [-0.25, -0.2) is 4.79 Å². The van der Waals surface area contributed by atoms with E-state index in [9.17, 15) is 9.59 Å². The van der Waals surface area contributed by atoms with E-state index < -0.39 is 14.0 Å². The normalized spacial score (nSPS) is 21.4. The van der Waals surface area contributed by atoms with E-state index in [1.165, 1.54) is 13.2 Å². The van der Waals surface area contributed by atoms with Crippen molar-refractivity contribution >= 4 is 31.6 Å². The van der Waals surface area contributed by atoms with Crippen molar-refractivity contribution in [3.63, 3.8) is 0 Å². The number of nitrogens with zero attached hydrogens (tertiary/aromatic N) is 1. The molecule has 134 valence electrons. The van der Waals surface area contributed by atoms with Crippen LogP contribution in [0.4, 0.5) is 0 Å². The number of halogens is 1. The van der Waals surface area contributed by atoms with E-state index in [-0.39, 0.29) is 17.9 Å². The largest absolute Gasteiger partial charge is 0.466 e. The van der Waals surface area contributed by atoms with Gasteiger partial charge < -0.3 is 9.64 Å². The minimum absolute atomic E-state index is 0.0138. The van der Waals surface area contributed by atoms with Crippen molar-refractivity contribution in [3.05, 3.63) is 58.3 Å². The number of hydrogen-bond acceptors (Lipinski definition) is 3. The van der Waals surface area contributed by atoms with Crippen molar-refractivity contribution in [2.75, 3.05) is 14.2 Å². The van der Waals surface area contributed by atoms with Crippen molar-refractivity contribution in [1.29, 1.82) is 0 Å². The molecule has 0 bridgehead atoms. The fourth-order valence-electron chi connectivity index (χ4n) is 3.15. The molecule has 2 atom stereocenters. The van der Waals surface area contributed by atoms with Crippen LogP contribution in [0.15, 0.2) is 47.7 Å². The second-order valence-electron chi connectivity index (χ2n) is 7.20. The number of esters is 1. The SMILES string of the molecule is COC(=O)/C=C/[C@H]1C([Si](C)(C)C)=CC(=O)N(C)[C@@H]1c1ccc(Cl)cc1. The zero-order valence-corrected chi connectivity index (χ0v) is 17.0. The monoisotopic (exact) mass is 377 g/mol. The molecule has 6 heteroatoms. The minimum Gasteiger partial charge on any atom is -0.466 e. The van der Waals surface area contributed by atoms with E-state index in [1.54, 1.807) is 18.0 Å². The van der Waals surface area contributed by atoms with Crippen molar-refractivity contribution in [1.82, 2.24) is 4.90 Å². The third-order valence-corrected chi connectivity index (χ3v) is 6.92. The highest BCUT2D eigenvalue weighted by Gasteiger charge is 2.39. The predicted molar refractivity (Wildman–Crippen MR) is 103 cm³/mol. The first kappa shape index (κ1) is 19.5. The number of likely N-dealkylation sites (N-methyl/N-ethyl adjacent to an activating group) is 1. The van der Waals surface area contributed by atoms with Crippen LogP contribution in [-0.4, -0.2) is 39.0 Å². The number of carbonyl (C=O) groups excluding carboxylic acids is 2. The summed E-state index contributed by atoms with van der Waals surface area (Å²) in [5.74, 6) is -0.487. The fraction of sp³-hybridized carbons (Fsp3) is 0.368. The summed E-state index contributed by atoms with van der Waals surface area (Å²) in [6.45, 7) is 6.61. The molecule has 0 spiro atoms. The molecule has 1 aromatic rings. The van der Waals surface area contributed by atoms with Crippen molar-refractivity contribution in [2.45, 2.75) is 25.7 Å². The maximum atomic E-state index is 12.6. The van der Waals surface area contributed by atoms with Gasteiger partial charge in [-0.2, -0.15) is 0 Å². The van der Waals surface area contributed by atoms with Crippen LogP contribution < -0.4 is 0 Å². The first-order valence-corrected chi connectivity index (χ1v) is 12.0. The van der Waals surface area contributed by atoms with Crippen LogP contribution in [0.3, 0.4) is 0 Å². The Kier molecular flexibility index (Phi) is 5.90. The predicted octanol–water partition coefficient (Wildman–Crippen LogP) is 4.00. The standard InChI is InChI=1S/C19H24ClNO3Si/c1-21-17(22)12-16(25(3,4)5)15(10-11-18(23)24-2)19(21)13-6-8-14(20)9-7-13/h6-12,15,19H,1-5H3/b11-10+/t15-,19+/m0/s1. The number of methoxy groups -OCH3 is 1. The molecular formula is C19H24ClNO3Si. The lowest BCUT2D eigenvalue weighted by molar-refractivity contribution is -0.134. The van der Waals surface area contributed by atoms with Gasteiger partial charge in [-0.15, -0.1) is 0 Å². The Bertz CT molecular complexity index is 719. The lowest BCUT2D eigenvalue weighted by atomic mass is 9.88. The summed E-state index contributed by atoms with van der Waals surface area (Å²) in [4.78, 5) is 25.9. The minimum atomic E-state index is -1.77. The van der Waals surface area contributed by atoms with Crippen LogP contribution >= 0.6 is 11.6 Å². The van der Waals surface area contributed by atoms with Gasteiger partial charge in [0.05, 0.1) is 21.2 Å². The fourth-order valence-corrected chi connectivity index (χ4v) is 5.08. The van der Waals surface area contributed by atoms with E-state index in [0.29, 0.717) is 5.02 Å². The average molecular weight is 378 g/mol. The molecule has 1 aliphatic rings. The first-order valence-electron chi connectivity index (χ1n) is 8.15. The van der Waals surface area contributed by atoms with Crippen LogP contribution in [0.5, 0.6) is 0 Å². The number of amides is 1. The van der Waals surface area contributed by atoms with Gasteiger partial charge in [-0.3, -0.25) is 4.79 Å². The molecule has 2 rings (SSSR count). The summed E-state index contributed by atoms with van der Waals surface area (Å²) in [5.41, 5.74) is 0.989. The van der Waals surface area contributed by atoms with Gasteiger partial charge in [0.1, 0.15) is 0 Å². The number of carbonyl (C=O) groups is 2. The van der Waals surface area contributed by atoms with Crippen LogP contribution in [0.25, 0.3) is 0 Å². The molecule has 0 N–H and O–H groups in total. The number of hydrogen-bond donors (Lipinski definition) is 0. The molecule has 0 fully saturated rings. The Morgan fingerprint density at radius 2 is 1.84 bits per heavy atom. The Balaban J connectivity index is 2.57. The second kappa shape index (κ2) is 7.58. The highest BCUT2D eigenvalue weighted by molar-refractivity contribution is 6.83. The lowest BCUT2D eigenvalue weighted by Crippen LogP contribution is -2.44. The molecule has 1 aliphatic heterocycles. The zero-order valence-electron chi connectivity index (χ0n) is 15.2. The van der Waals surface area contributed by atoms with Gasteiger partial charge in [0.2, 0.25) is 5.91 Å². The van der Waals surface area contributed by atoms with Crippen LogP contribution in [-0.2, 0) is 14.3 Å². The quantitative estimate of drug-likeness (QED) is 0.452. The first-order chi connectivity index (χ1) is 11.6. The average Bonchev–Trinajstić information content (AvgIpc) is 2.55. The van der Waals surface area contributed by atoms with E-state index in [2.05, 4.69) is 19.6 Å². The molecule has 25 heavy (non-hydrogen) atoms. The molecule has 0 unspecified atom stereocenters. The summed E-state index contributed by atoms with van der Waals surface area (Å²) >= 11 is 6.01. The maximum absolute atomic E-state index is 12.6.